The second-order valence-corrected chi connectivity index (χ2v) is 5.53. The van der Waals surface area contributed by atoms with Crippen molar-refractivity contribution >= 4 is 11.9 Å². The zero-order chi connectivity index (χ0) is 15.3. The third-order valence-electron chi connectivity index (χ3n) is 4.11. The highest BCUT2D eigenvalue weighted by atomic mass is 16.5. The molecule has 0 radical (unpaired) electrons. The number of morpholine rings is 1. The Morgan fingerprint density at radius 2 is 2.19 bits per heavy atom. The number of esters is 1. The van der Waals surface area contributed by atoms with Crippen LogP contribution in [-0.4, -0.2) is 61.8 Å². The minimum Gasteiger partial charge on any atom is -0.468 e. The van der Waals surface area contributed by atoms with Gasteiger partial charge in [-0.05, 0) is 25.7 Å². The number of carbonyl (C=O) groups is 2. The number of hydrogen-bond donors (Lipinski definition) is 1. The fourth-order valence-corrected chi connectivity index (χ4v) is 2.91. The van der Waals surface area contributed by atoms with Gasteiger partial charge in [0, 0.05) is 6.54 Å². The fraction of sp³-hybridized carbons (Fsp3) is 0.786. The Morgan fingerprint density at radius 3 is 2.81 bits per heavy atom. The van der Waals surface area contributed by atoms with Crippen LogP contribution in [0, 0.1) is 11.3 Å². The number of ether oxygens (including phenoxy) is 2. The van der Waals surface area contributed by atoms with E-state index in [4.69, 9.17) is 9.47 Å². The van der Waals surface area contributed by atoms with Gasteiger partial charge in [-0.2, -0.15) is 5.26 Å². The van der Waals surface area contributed by atoms with E-state index in [1.165, 1.54) is 7.11 Å². The standard InChI is InChI=1S/C14H21N3O4/c1-20-13(19)11-9-21-7-6-17(11)8-12(18)16-14(10-15)4-2-3-5-14/h11H,2-9H2,1H3,(H,16,18). The molecule has 1 saturated carbocycles. The van der Waals surface area contributed by atoms with E-state index in [9.17, 15) is 14.9 Å². The van der Waals surface area contributed by atoms with Crippen molar-refractivity contribution in [3.05, 3.63) is 0 Å². The zero-order valence-electron chi connectivity index (χ0n) is 12.3. The predicted molar refractivity (Wildman–Crippen MR) is 73.2 cm³/mol. The summed E-state index contributed by atoms with van der Waals surface area (Å²) in [4.78, 5) is 25.6. The van der Waals surface area contributed by atoms with Gasteiger partial charge in [-0.15, -0.1) is 0 Å². The first-order valence-electron chi connectivity index (χ1n) is 7.22. The molecule has 0 bridgehead atoms. The van der Waals surface area contributed by atoms with Gasteiger partial charge in [0.25, 0.3) is 0 Å². The highest BCUT2D eigenvalue weighted by Crippen LogP contribution is 2.28. The summed E-state index contributed by atoms with van der Waals surface area (Å²) in [5, 5.41) is 12.1. The topological polar surface area (TPSA) is 91.7 Å². The Bertz CT molecular complexity index is 440. The second kappa shape index (κ2) is 6.87. The Hall–Kier alpha value is -1.65. The molecule has 2 aliphatic rings. The van der Waals surface area contributed by atoms with Gasteiger partial charge in [0.15, 0.2) is 0 Å². The number of nitrogens with zero attached hydrogens (tertiary/aromatic N) is 2. The molecular weight excluding hydrogens is 274 g/mol. The lowest BCUT2D eigenvalue weighted by atomic mass is 10.00. The van der Waals surface area contributed by atoms with Gasteiger partial charge >= 0.3 is 5.97 Å². The Morgan fingerprint density at radius 1 is 1.48 bits per heavy atom. The lowest BCUT2D eigenvalue weighted by Gasteiger charge is -2.33. The summed E-state index contributed by atoms with van der Waals surface area (Å²) in [6, 6.07) is 1.66. The summed E-state index contributed by atoms with van der Waals surface area (Å²) in [7, 11) is 1.32. The largest absolute Gasteiger partial charge is 0.468 e. The molecule has 1 atom stereocenters. The number of carbonyl (C=O) groups excluding carboxylic acids is 2. The summed E-state index contributed by atoms with van der Waals surface area (Å²) in [5.74, 6) is -0.632. The number of nitriles is 1. The smallest absolute Gasteiger partial charge is 0.325 e. The van der Waals surface area contributed by atoms with E-state index in [0.717, 1.165) is 12.8 Å². The van der Waals surface area contributed by atoms with Gasteiger partial charge in [0.2, 0.25) is 5.91 Å². The van der Waals surface area contributed by atoms with E-state index in [0.29, 0.717) is 26.0 Å². The van der Waals surface area contributed by atoms with Gasteiger partial charge in [-0.1, -0.05) is 0 Å². The second-order valence-electron chi connectivity index (χ2n) is 5.53. The average Bonchev–Trinajstić information content (AvgIpc) is 2.96. The molecule has 1 amide bonds. The third kappa shape index (κ3) is 3.71. The van der Waals surface area contributed by atoms with Crippen molar-refractivity contribution in [2.75, 3.05) is 33.4 Å². The molecule has 1 saturated heterocycles. The van der Waals surface area contributed by atoms with Gasteiger partial charge in [0.1, 0.15) is 11.6 Å². The molecule has 7 nitrogen and oxygen atoms in total. The molecule has 116 valence electrons. The minimum absolute atomic E-state index is 0.0759. The molecule has 2 fully saturated rings. The van der Waals surface area contributed by atoms with Crippen LogP contribution in [0.2, 0.25) is 0 Å². The normalized spacial score (nSPS) is 25.0. The lowest BCUT2D eigenvalue weighted by molar-refractivity contribution is -0.154. The van der Waals surface area contributed by atoms with E-state index in [1.54, 1.807) is 4.90 Å². The summed E-state index contributed by atoms with van der Waals surface area (Å²) in [6.07, 6.45) is 3.30. The molecule has 0 aromatic rings. The van der Waals surface area contributed by atoms with Crippen molar-refractivity contribution in [3.8, 4) is 6.07 Å². The van der Waals surface area contributed by atoms with Crippen LogP contribution < -0.4 is 5.32 Å². The van der Waals surface area contributed by atoms with Crippen molar-refractivity contribution in [2.24, 2.45) is 0 Å². The maximum absolute atomic E-state index is 12.2. The van der Waals surface area contributed by atoms with Crippen molar-refractivity contribution in [1.82, 2.24) is 10.2 Å². The van der Waals surface area contributed by atoms with Crippen molar-refractivity contribution < 1.29 is 19.1 Å². The van der Waals surface area contributed by atoms with Crippen LogP contribution in [0.4, 0.5) is 0 Å². The van der Waals surface area contributed by atoms with Crippen LogP contribution in [0.5, 0.6) is 0 Å². The third-order valence-corrected chi connectivity index (χ3v) is 4.11. The van der Waals surface area contributed by atoms with Gasteiger partial charge in [0.05, 0.1) is 32.9 Å². The van der Waals surface area contributed by atoms with E-state index in [1.807, 2.05) is 0 Å². The molecule has 1 aliphatic carbocycles. The Labute approximate surface area is 124 Å². The van der Waals surface area contributed by atoms with Crippen molar-refractivity contribution in [3.63, 3.8) is 0 Å². The molecule has 21 heavy (non-hydrogen) atoms. The summed E-state index contributed by atoms with van der Waals surface area (Å²) >= 11 is 0. The molecule has 0 spiro atoms. The monoisotopic (exact) mass is 295 g/mol. The average molecular weight is 295 g/mol. The number of nitrogens with one attached hydrogen (secondary N) is 1. The number of amides is 1. The van der Waals surface area contributed by atoms with Crippen molar-refractivity contribution in [2.45, 2.75) is 37.3 Å². The molecule has 1 heterocycles. The van der Waals surface area contributed by atoms with Crippen LogP contribution in [0.25, 0.3) is 0 Å². The maximum Gasteiger partial charge on any atom is 0.325 e. The summed E-state index contributed by atoms with van der Waals surface area (Å²) < 4.78 is 10.00. The predicted octanol–water partition coefficient (Wildman–Crippen LogP) is -0.187. The summed E-state index contributed by atoms with van der Waals surface area (Å²) in [5.41, 5.74) is -0.732. The van der Waals surface area contributed by atoms with Crippen LogP contribution in [0.1, 0.15) is 25.7 Å². The van der Waals surface area contributed by atoms with Crippen LogP contribution in [-0.2, 0) is 19.1 Å². The maximum atomic E-state index is 12.2. The molecular formula is C14H21N3O4. The van der Waals surface area contributed by atoms with E-state index in [2.05, 4.69) is 11.4 Å². The first-order valence-corrected chi connectivity index (χ1v) is 7.22. The molecule has 1 unspecified atom stereocenters. The lowest BCUT2D eigenvalue weighted by Crippen LogP contribution is -2.55. The van der Waals surface area contributed by atoms with Crippen LogP contribution in [0.3, 0.4) is 0 Å². The van der Waals surface area contributed by atoms with E-state index in [-0.39, 0.29) is 19.1 Å². The molecule has 1 aliphatic heterocycles. The highest BCUT2D eigenvalue weighted by Gasteiger charge is 2.37. The minimum atomic E-state index is -0.732. The van der Waals surface area contributed by atoms with Gasteiger partial charge in [-0.25, -0.2) is 0 Å². The van der Waals surface area contributed by atoms with E-state index < -0.39 is 17.6 Å². The van der Waals surface area contributed by atoms with Crippen LogP contribution in [0.15, 0.2) is 0 Å². The first-order chi connectivity index (χ1) is 10.1. The highest BCUT2D eigenvalue weighted by molar-refractivity contribution is 5.81. The first kappa shape index (κ1) is 15.7. The Kier molecular flexibility index (Phi) is 5.15. The fourth-order valence-electron chi connectivity index (χ4n) is 2.91. The van der Waals surface area contributed by atoms with Gasteiger partial charge < -0.3 is 14.8 Å². The van der Waals surface area contributed by atoms with Gasteiger partial charge in [-0.3, -0.25) is 14.5 Å². The van der Waals surface area contributed by atoms with E-state index >= 15 is 0 Å². The SMILES string of the molecule is COC(=O)C1COCCN1CC(=O)NC1(C#N)CCCC1. The molecule has 1 N–H and O–H groups in total. The number of hydrogen-bond acceptors (Lipinski definition) is 6. The number of rotatable bonds is 4. The molecule has 0 aromatic heterocycles. The van der Waals surface area contributed by atoms with Crippen molar-refractivity contribution in [1.29, 1.82) is 5.26 Å². The summed E-state index contributed by atoms with van der Waals surface area (Å²) in [6.45, 7) is 1.27. The molecule has 0 aromatic carbocycles. The Balaban J connectivity index is 1.94. The van der Waals surface area contributed by atoms with Crippen LogP contribution >= 0.6 is 0 Å². The molecule has 2 rings (SSSR count). The zero-order valence-corrected chi connectivity index (χ0v) is 12.3. The quantitative estimate of drug-likeness (QED) is 0.723. The molecule has 7 heteroatoms. The number of methoxy groups -OCH3 is 1.